The first-order chi connectivity index (χ1) is 12.7. The van der Waals surface area contributed by atoms with Crippen LogP contribution >= 0.6 is 0 Å². The molecule has 0 radical (unpaired) electrons. The van der Waals surface area contributed by atoms with Gasteiger partial charge < -0.3 is 0 Å². The Bertz CT molecular complexity index is 532. The van der Waals surface area contributed by atoms with Crippen molar-refractivity contribution in [3.8, 4) is 0 Å². The van der Waals surface area contributed by atoms with E-state index in [1.54, 1.807) is 0 Å². The van der Waals surface area contributed by atoms with Gasteiger partial charge in [-0.3, -0.25) is 4.90 Å². The van der Waals surface area contributed by atoms with E-state index in [0.717, 1.165) is 18.4 Å². The van der Waals surface area contributed by atoms with Crippen molar-refractivity contribution in [2.45, 2.75) is 93.0 Å². The summed E-state index contributed by atoms with van der Waals surface area (Å²) >= 11 is 0. The molecule has 1 aliphatic rings. The molecule has 0 spiro atoms. The third-order valence-corrected chi connectivity index (χ3v) is 6.86. The van der Waals surface area contributed by atoms with E-state index in [1.165, 1.54) is 63.6 Å². The molecule has 0 bridgehead atoms. The SMILES string of the molecule is CCC1CCC(C)(CN(CCC(C)C)Cc2ccccc2)CCC(C)(C)C1. The highest BCUT2D eigenvalue weighted by Crippen LogP contribution is 2.44. The van der Waals surface area contributed by atoms with Crippen LogP contribution in [0.3, 0.4) is 0 Å². The van der Waals surface area contributed by atoms with Gasteiger partial charge in [0.1, 0.15) is 0 Å². The summed E-state index contributed by atoms with van der Waals surface area (Å²) < 4.78 is 0. The molecule has 27 heavy (non-hydrogen) atoms. The molecule has 1 aromatic carbocycles. The largest absolute Gasteiger partial charge is 0.299 e. The molecule has 154 valence electrons. The van der Waals surface area contributed by atoms with Crippen LogP contribution in [0.5, 0.6) is 0 Å². The maximum atomic E-state index is 2.75. The molecule has 0 aromatic heterocycles. The van der Waals surface area contributed by atoms with Gasteiger partial charge in [-0.1, -0.05) is 78.3 Å². The topological polar surface area (TPSA) is 3.24 Å². The van der Waals surface area contributed by atoms with Crippen molar-refractivity contribution in [3.63, 3.8) is 0 Å². The van der Waals surface area contributed by atoms with Crippen molar-refractivity contribution in [1.82, 2.24) is 4.90 Å². The van der Waals surface area contributed by atoms with E-state index in [4.69, 9.17) is 0 Å². The Balaban J connectivity index is 2.09. The van der Waals surface area contributed by atoms with Gasteiger partial charge in [0.15, 0.2) is 0 Å². The second kappa shape index (κ2) is 10.1. The van der Waals surface area contributed by atoms with E-state index >= 15 is 0 Å². The van der Waals surface area contributed by atoms with Crippen LogP contribution in [0.2, 0.25) is 0 Å². The van der Waals surface area contributed by atoms with Gasteiger partial charge in [-0.25, -0.2) is 0 Å². The number of rotatable bonds is 8. The third-order valence-electron chi connectivity index (χ3n) is 6.86. The molecule has 0 heterocycles. The van der Waals surface area contributed by atoms with E-state index in [-0.39, 0.29) is 0 Å². The highest BCUT2D eigenvalue weighted by molar-refractivity contribution is 5.14. The molecule has 1 heteroatoms. The predicted octanol–water partition coefficient (Wildman–Crippen LogP) is 7.56. The van der Waals surface area contributed by atoms with E-state index < -0.39 is 0 Å². The lowest BCUT2D eigenvalue weighted by Gasteiger charge is -2.42. The lowest BCUT2D eigenvalue weighted by molar-refractivity contribution is 0.0815. The Morgan fingerprint density at radius 3 is 2.37 bits per heavy atom. The molecule has 0 N–H and O–H groups in total. The van der Waals surface area contributed by atoms with Gasteiger partial charge in [-0.05, 0) is 73.3 Å². The minimum Gasteiger partial charge on any atom is -0.299 e. The second-order valence-electron chi connectivity index (χ2n) is 10.9. The predicted molar refractivity (Wildman–Crippen MR) is 120 cm³/mol. The van der Waals surface area contributed by atoms with E-state index in [9.17, 15) is 0 Å². The molecule has 1 fully saturated rings. The van der Waals surface area contributed by atoms with Crippen LogP contribution in [0.4, 0.5) is 0 Å². The fourth-order valence-electron chi connectivity index (χ4n) is 4.85. The summed E-state index contributed by atoms with van der Waals surface area (Å²) in [5.41, 5.74) is 2.42. The van der Waals surface area contributed by atoms with Gasteiger partial charge in [0.05, 0.1) is 0 Å². The summed E-state index contributed by atoms with van der Waals surface area (Å²) in [5.74, 6) is 1.69. The van der Waals surface area contributed by atoms with E-state index in [0.29, 0.717) is 10.8 Å². The van der Waals surface area contributed by atoms with Gasteiger partial charge >= 0.3 is 0 Å². The van der Waals surface area contributed by atoms with Gasteiger partial charge in [-0.2, -0.15) is 0 Å². The Morgan fingerprint density at radius 2 is 1.74 bits per heavy atom. The van der Waals surface area contributed by atoms with Gasteiger partial charge in [0, 0.05) is 13.1 Å². The third kappa shape index (κ3) is 7.98. The van der Waals surface area contributed by atoms with Crippen molar-refractivity contribution >= 4 is 0 Å². The van der Waals surface area contributed by atoms with Gasteiger partial charge in [-0.15, -0.1) is 0 Å². The molecular formula is C26H45N. The molecule has 2 atom stereocenters. The molecule has 2 rings (SSSR count). The Hall–Kier alpha value is -0.820. The van der Waals surface area contributed by atoms with Gasteiger partial charge in [0.25, 0.3) is 0 Å². The van der Waals surface area contributed by atoms with Gasteiger partial charge in [0.2, 0.25) is 0 Å². The minimum atomic E-state index is 0.455. The average molecular weight is 372 g/mol. The summed E-state index contributed by atoms with van der Waals surface area (Å²) in [6.45, 7) is 18.3. The zero-order valence-corrected chi connectivity index (χ0v) is 19.1. The lowest BCUT2D eigenvalue weighted by Crippen LogP contribution is -2.39. The highest BCUT2D eigenvalue weighted by Gasteiger charge is 2.34. The van der Waals surface area contributed by atoms with Crippen molar-refractivity contribution in [2.75, 3.05) is 13.1 Å². The van der Waals surface area contributed by atoms with Crippen LogP contribution in [0.1, 0.15) is 92.1 Å². The fraction of sp³-hybridized carbons (Fsp3) is 0.769. The maximum absolute atomic E-state index is 2.75. The van der Waals surface area contributed by atoms with Crippen molar-refractivity contribution < 1.29 is 0 Å². The Morgan fingerprint density at radius 1 is 1.04 bits per heavy atom. The van der Waals surface area contributed by atoms with Crippen molar-refractivity contribution in [1.29, 1.82) is 0 Å². The summed E-state index contributed by atoms with van der Waals surface area (Å²) in [6.07, 6.45) is 9.63. The molecule has 2 unspecified atom stereocenters. The first-order valence-electron chi connectivity index (χ1n) is 11.5. The monoisotopic (exact) mass is 371 g/mol. The first kappa shape index (κ1) is 22.5. The van der Waals surface area contributed by atoms with E-state index in [2.05, 4.69) is 76.8 Å². The smallest absolute Gasteiger partial charge is 0.0233 e. The minimum absolute atomic E-state index is 0.455. The second-order valence-corrected chi connectivity index (χ2v) is 10.9. The molecule has 0 aliphatic heterocycles. The average Bonchev–Trinajstić information content (AvgIpc) is 2.62. The van der Waals surface area contributed by atoms with Crippen LogP contribution in [0.15, 0.2) is 30.3 Å². The zero-order valence-electron chi connectivity index (χ0n) is 19.1. The Kier molecular flexibility index (Phi) is 8.40. The number of nitrogens with zero attached hydrogens (tertiary/aromatic N) is 1. The highest BCUT2D eigenvalue weighted by atomic mass is 15.1. The molecule has 1 aliphatic carbocycles. The fourth-order valence-corrected chi connectivity index (χ4v) is 4.85. The van der Waals surface area contributed by atoms with Crippen molar-refractivity contribution in [3.05, 3.63) is 35.9 Å². The molecule has 1 aromatic rings. The molecular weight excluding hydrogens is 326 g/mol. The van der Waals surface area contributed by atoms with Crippen LogP contribution in [0, 0.1) is 22.7 Å². The number of benzene rings is 1. The molecule has 0 saturated heterocycles. The van der Waals surface area contributed by atoms with Crippen LogP contribution in [-0.2, 0) is 6.54 Å². The lowest BCUT2D eigenvalue weighted by atomic mass is 9.67. The number of hydrogen-bond acceptors (Lipinski definition) is 1. The van der Waals surface area contributed by atoms with Crippen LogP contribution in [0.25, 0.3) is 0 Å². The summed E-state index contributed by atoms with van der Waals surface area (Å²) in [7, 11) is 0. The molecule has 0 amide bonds. The summed E-state index contributed by atoms with van der Waals surface area (Å²) in [5, 5.41) is 0. The zero-order chi connectivity index (χ0) is 19.9. The maximum Gasteiger partial charge on any atom is 0.0233 e. The van der Waals surface area contributed by atoms with Crippen molar-refractivity contribution in [2.24, 2.45) is 22.7 Å². The van der Waals surface area contributed by atoms with E-state index in [1.807, 2.05) is 0 Å². The standard InChI is InChI=1S/C26H45N/c1-7-23-13-15-26(6,17-16-25(4,5)19-23)21-27(18-14-22(2)3)20-24-11-9-8-10-12-24/h8-12,22-23H,7,13-21H2,1-6H3. The summed E-state index contributed by atoms with van der Waals surface area (Å²) in [6, 6.07) is 11.1. The van der Waals surface area contributed by atoms with Crippen LogP contribution < -0.4 is 0 Å². The van der Waals surface area contributed by atoms with Crippen LogP contribution in [-0.4, -0.2) is 18.0 Å². The first-order valence-corrected chi connectivity index (χ1v) is 11.5. The summed E-state index contributed by atoms with van der Waals surface area (Å²) in [4.78, 5) is 2.75. The quantitative estimate of drug-likeness (QED) is 0.456. The molecule has 1 saturated carbocycles. The Labute approximate surface area is 169 Å². The number of hydrogen-bond donors (Lipinski definition) is 0. The normalized spacial score (nSPS) is 26.1. The molecule has 1 nitrogen and oxygen atoms in total.